The Kier molecular flexibility index (Phi) is 5.23. The maximum absolute atomic E-state index is 11.7. The van der Waals surface area contributed by atoms with Crippen LogP contribution in [0.15, 0.2) is 71.0 Å². The lowest BCUT2D eigenvalue weighted by molar-refractivity contribution is -0.139. The van der Waals surface area contributed by atoms with Gasteiger partial charge in [-0.1, -0.05) is 48.5 Å². The molecule has 0 aliphatic heterocycles. The van der Waals surface area contributed by atoms with E-state index >= 15 is 0 Å². The minimum atomic E-state index is -0.249. The Morgan fingerprint density at radius 2 is 1.75 bits per heavy atom. The number of hydrogen-bond donors (Lipinski definition) is 0. The predicted octanol–water partition coefficient (Wildman–Crippen LogP) is 3.55. The summed E-state index contributed by atoms with van der Waals surface area (Å²) in [6.07, 6.45) is 0.240. The van der Waals surface area contributed by atoms with Crippen LogP contribution in [0.3, 0.4) is 0 Å². The van der Waals surface area contributed by atoms with E-state index in [-0.39, 0.29) is 12.4 Å². The van der Waals surface area contributed by atoms with Crippen LogP contribution < -0.4 is 4.80 Å². The number of benzene rings is 2. The Labute approximate surface area is 144 Å². The predicted molar refractivity (Wildman–Crippen MR) is 95.2 cm³/mol. The van der Waals surface area contributed by atoms with Gasteiger partial charge in [0.1, 0.15) is 0 Å². The van der Waals surface area contributed by atoms with Crippen LogP contribution in [0.2, 0.25) is 0 Å². The molecule has 0 amide bonds. The highest BCUT2D eigenvalue weighted by molar-refractivity contribution is 7.07. The van der Waals surface area contributed by atoms with Gasteiger partial charge in [0.15, 0.2) is 4.80 Å². The zero-order valence-electron chi connectivity index (χ0n) is 13.4. The van der Waals surface area contributed by atoms with Crippen molar-refractivity contribution < 1.29 is 9.53 Å². The number of para-hydroxylation sites is 1. The SMILES string of the molecule is COC(=O)Cc1csc(=Nc2ccccc2)n1Cc1ccccc1. The highest BCUT2D eigenvalue weighted by Crippen LogP contribution is 2.12. The monoisotopic (exact) mass is 338 g/mol. The molecule has 0 radical (unpaired) electrons. The molecule has 1 aromatic heterocycles. The van der Waals surface area contributed by atoms with Crippen LogP contribution in [-0.4, -0.2) is 17.6 Å². The summed E-state index contributed by atoms with van der Waals surface area (Å²) >= 11 is 1.53. The van der Waals surface area contributed by atoms with Gasteiger partial charge in [0.05, 0.1) is 25.8 Å². The molecule has 24 heavy (non-hydrogen) atoms. The Morgan fingerprint density at radius 3 is 2.42 bits per heavy atom. The molecular formula is C19H18N2O2S. The Hall–Kier alpha value is -2.66. The summed E-state index contributed by atoms with van der Waals surface area (Å²) in [6, 6.07) is 20.0. The Bertz CT molecular complexity index is 867. The van der Waals surface area contributed by atoms with E-state index in [1.165, 1.54) is 18.4 Å². The third kappa shape index (κ3) is 4.00. The third-order valence-electron chi connectivity index (χ3n) is 3.60. The Morgan fingerprint density at radius 1 is 1.08 bits per heavy atom. The molecule has 0 saturated heterocycles. The van der Waals surface area contributed by atoms with Crippen molar-refractivity contribution in [2.75, 3.05) is 7.11 Å². The number of thiazole rings is 1. The summed E-state index contributed by atoms with van der Waals surface area (Å²) in [4.78, 5) is 17.3. The van der Waals surface area contributed by atoms with Crippen LogP contribution in [0.1, 0.15) is 11.3 Å². The van der Waals surface area contributed by atoms with E-state index in [0.29, 0.717) is 6.54 Å². The molecule has 0 fully saturated rings. The van der Waals surface area contributed by atoms with Crippen molar-refractivity contribution in [2.24, 2.45) is 4.99 Å². The van der Waals surface area contributed by atoms with Crippen molar-refractivity contribution in [2.45, 2.75) is 13.0 Å². The number of carbonyl (C=O) groups is 1. The number of aromatic nitrogens is 1. The number of esters is 1. The fourth-order valence-electron chi connectivity index (χ4n) is 2.36. The van der Waals surface area contributed by atoms with Crippen LogP contribution >= 0.6 is 11.3 Å². The lowest BCUT2D eigenvalue weighted by Crippen LogP contribution is -2.20. The largest absolute Gasteiger partial charge is 0.469 e. The number of hydrogen-bond acceptors (Lipinski definition) is 4. The van der Waals surface area contributed by atoms with Crippen molar-refractivity contribution in [1.29, 1.82) is 0 Å². The molecule has 0 unspecified atom stereocenters. The van der Waals surface area contributed by atoms with Gasteiger partial charge in [-0.05, 0) is 17.7 Å². The molecule has 0 atom stereocenters. The van der Waals surface area contributed by atoms with Crippen LogP contribution in [0.25, 0.3) is 0 Å². The molecule has 5 heteroatoms. The van der Waals surface area contributed by atoms with Gasteiger partial charge < -0.3 is 9.30 Å². The molecule has 122 valence electrons. The molecule has 0 bridgehead atoms. The molecule has 1 heterocycles. The number of nitrogens with zero attached hydrogens (tertiary/aromatic N) is 2. The molecule has 3 aromatic rings. The van der Waals surface area contributed by atoms with Crippen molar-refractivity contribution in [3.8, 4) is 0 Å². The smallest absolute Gasteiger partial charge is 0.311 e. The van der Waals surface area contributed by atoms with E-state index in [4.69, 9.17) is 9.73 Å². The van der Waals surface area contributed by atoms with Crippen LogP contribution in [0.4, 0.5) is 5.69 Å². The molecular weight excluding hydrogens is 320 g/mol. The average Bonchev–Trinajstić information content (AvgIpc) is 2.98. The molecule has 4 nitrogen and oxygen atoms in total. The lowest BCUT2D eigenvalue weighted by atomic mass is 10.2. The van der Waals surface area contributed by atoms with Gasteiger partial charge in [0.2, 0.25) is 0 Å². The lowest BCUT2D eigenvalue weighted by Gasteiger charge is -2.08. The minimum Gasteiger partial charge on any atom is -0.469 e. The van der Waals surface area contributed by atoms with E-state index in [0.717, 1.165) is 21.7 Å². The zero-order valence-corrected chi connectivity index (χ0v) is 14.2. The van der Waals surface area contributed by atoms with E-state index in [9.17, 15) is 4.79 Å². The van der Waals surface area contributed by atoms with Gasteiger partial charge >= 0.3 is 5.97 Å². The average molecular weight is 338 g/mol. The summed E-state index contributed by atoms with van der Waals surface area (Å²) in [5.41, 5.74) is 2.97. The van der Waals surface area contributed by atoms with Crippen molar-refractivity contribution in [1.82, 2.24) is 4.57 Å². The van der Waals surface area contributed by atoms with Gasteiger partial charge in [0.25, 0.3) is 0 Å². The highest BCUT2D eigenvalue weighted by Gasteiger charge is 2.11. The van der Waals surface area contributed by atoms with E-state index in [1.807, 2.05) is 53.9 Å². The zero-order chi connectivity index (χ0) is 16.8. The maximum atomic E-state index is 11.7. The normalized spacial score (nSPS) is 11.5. The van der Waals surface area contributed by atoms with Gasteiger partial charge in [-0.3, -0.25) is 4.79 Å². The third-order valence-corrected chi connectivity index (χ3v) is 4.51. The quantitative estimate of drug-likeness (QED) is 0.668. The fourth-order valence-corrected chi connectivity index (χ4v) is 3.28. The van der Waals surface area contributed by atoms with Crippen LogP contribution in [-0.2, 0) is 22.5 Å². The van der Waals surface area contributed by atoms with Gasteiger partial charge in [-0.2, -0.15) is 0 Å². The van der Waals surface area contributed by atoms with Gasteiger partial charge in [-0.15, -0.1) is 11.3 Å². The van der Waals surface area contributed by atoms with Gasteiger partial charge in [0, 0.05) is 11.1 Å². The molecule has 0 spiro atoms. The second kappa shape index (κ2) is 7.75. The first-order valence-corrected chi connectivity index (χ1v) is 8.52. The minimum absolute atomic E-state index is 0.240. The second-order valence-corrected chi connectivity index (χ2v) is 6.12. The fraction of sp³-hybridized carbons (Fsp3) is 0.158. The van der Waals surface area contributed by atoms with Crippen LogP contribution in [0, 0.1) is 0 Å². The highest BCUT2D eigenvalue weighted by atomic mass is 32.1. The van der Waals surface area contributed by atoms with E-state index in [2.05, 4.69) is 16.7 Å². The number of methoxy groups -OCH3 is 1. The Balaban J connectivity index is 2.02. The first kappa shape index (κ1) is 16.2. The van der Waals surface area contributed by atoms with Crippen molar-refractivity contribution >= 4 is 23.0 Å². The molecule has 0 aliphatic carbocycles. The molecule has 0 saturated carbocycles. The molecule has 2 aromatic carbocycles. The standard InChI is InChI=1S/C19H18N2O2S/c1-23-18(22)12-17-14-24-19(20-16-10-6-3-7-11-16)21(17)13-15-8-4-2-5-9-15/h2-11,14H,12-13H2,1H3. The summed E-state index contributed by atoms with van der Waals surface area (Å²) in [7, 11) is 1.41. The first-order chi connectivity index (χ1) is 11.8. The summed E-state index contributed by atoms with van der Waals surface area (Å²) in [6.45, 7) is 0.669. The summed E-state index contributed by atoms with van der Waals surface area (Å²) in [5.74, 6) is -0.249. The number of rotatable bonds is 5. The molecule has 3 rings (SSSR count). The van der Waals surface area contributed by atoms with E-state index < -0.39 is 0 Å². The molecule has 0 aliphatic rings. The number of ether oxygens (including phenoxy) is 1. The number of carbonyl (C=O) groups excluding carboxylic acids is 1. The topological polar surface area (TPSA) is 43.6 Å². The maximum Gasteiger partial charge on any atom is 0.311 e. The second-order valence-electron chi connectivity index (χ2n) is 5.28. The molecule has 0 N–H and O–H groups in total. The van der Waals surface area contributed by atoms with Crippen LogP contribution in [0.5, 0.6) is 0 Å². The summed E-state index contributed by atoms with van der Waals surface area (Å²) < 4.78 is 6.88. The van der Waals surface area contributed by atoms with Gasteiger partial charge in [-0.25, -0.2) is 4.99 Å². The van der Waals surface area contributed by atoms with Crippen molar-refractivity contribution in [3.05, 3.63) is 82.1 Å². The van der Waals surface area contributed by atoms with Crippen molar-refractivity contribution in [3.63, 3.8) is 0 Å². The first-order valence-electron chi connectivity index (χ1n) is 7.64. The summed E-state index contributed by atoms with van der Waals surface area (Å²) in [5, 5.41) is 1.97. The van der Waals surface area contributed by atoms with E-state index in [1.54, 1.807) is 0 Å².